The van der Waals surface area contributed by atoms with Crippen LogP contribution < -0.4 is 14.8 Å². The van der Waals surface area contributed by atoms with Crippen LogP contribution in [-0.4, -0.2) is 47.6 Å². The number of carbonyl (C=O) groups is 1. The van der Waals surface area contributed by atoms with Crippen LogP contribution in [0.15, 0.2) is 30.3 Å². The van der Waals surface area contributed by atoms with Gasteiger partial charge in [-0.25, -0.2) is 23.1 Å². The summed E-state index contributed by atoms with van der Waals surface area (Å²) in [7, 11) is 1.73. The molecule has 0 radical (unpaired) electrons. The number of anilines is 1. The monoisotopic (exact) mass is 488 g/mol. The van der Waals surface area contributed by atoms with Gasteiger partial charge in [0.2, 0.25) is 5.91 Å². The molecule has 10 heteroatoms. The van der Waals surface area contributed by atoms with Crippen LogP contribution in [0, 0.1) is 12.7 Å². The molecule has 7 nitrogen and oxygen atoms in total. The number of fused-ring (bicyclic) bond motifs is 2. The maximum atomic E-state index is 14.7. The van der Waals surface area contributed by atoms with Gasteiger partial charge in [-0.2, -0.15) is 0 Å². The number of aryl methyl sites for hydroxylation is 1. The minimum absolute atomic E-state index is 0.0263. The lowest BCUT2D eigenvalue weighted by molar-refractivity contribution is -0.130. The largest absolute Gasteiger partial charge is 0.490 e. The van der Waals surface area contributed by atoms with Crippen molar-refractivity contribution in [2.45, 2.75) is 39.2 Å². The summed E-state index contributed by atoms with van der Waals surface area (Å²) in [6.07, 6.45) is -1.96. The summed E-state index contributed by atoms with van der Waals surface area (Å²) in [5.41, 5.74) is 0.0484. The van der Waals surface area contributed by atoms with Crippen molar-refractivity contribution in [1.29, 1.82) is 0 Å². The Kier molecular flexibility index (Phi) is 7.28. The average Bonchev–Trinajstić information content (AvgIpc) is 2.83. The highest BCUT2D eigenvalue weighted by Crippen LogP contribution is 2.36. The van der Waals surface area contributed by atoms with E-state index in [1.54, 1.807) is 37.9 Å². The molecule has 0 fully saturated rings. The third-order valence-corrected chi connectivity index (χ3v) is 5.89. The highest BCUT2D eigenvalue weighted by molar-refractivity contribution is 5.92. The molecule has 35 heavy (non-hydrogen) atoms. The number of ether oxygens (including phenoxy) is 2. The topological polar surface area (TPSA) is 76.6 Å². The van der Waals surface area contributed by atoms with Crippen molar-refractivity contribution < 1.29 is 27.4 Å². The SMILES string of the molecule is Cc1nc(N[C@H](C)c2cccc(C(F)F)c2F)c2cc3c(cc2n1)OCCCC(=O)N(C)CCO3. The summed E-state index contributed by atoms with van der Waals surface area (Å²) in [6.45, 7) is 4.42. The van der Waals surface area contributed by atoms with E-state index in [1.165, 1.54) is 12.1 Å². The molecular formula is C25H27F3N4O3. The maximum absolute atomic E-state index is 14.7. The second kappa shape index (κ2) is 10.4. The number of nitrogens with zero attached hydrogens (tertiary/aromatic N) is 3. The normalized spacial score (nSPS) is 15.7. The van der Waals surface area contributed by atoms with Crippen molar-refractivity contribution in [2.24, 2.45) is 0 Å². The van der Waals surface area contributed by atoms with Crippen molar-refractivity contribution in [1.82, 2.24) is 14.9 Å². The summed E-state index contributed by atoms with van der Waals surface area (Å²) in [5, 5.41) is 3.75. The van der Waals surface area contributed by atoms with E-state index in [4.69, 9.17) is 9.47 Å². The summed E-state index contributed by atoms with van der Waals surface area (Å²) < 4.78 is 52.9. The van der Waals surface area contributed by atoms with Gasteiger partial charge < -0.3 is 19.7 Å². The van der Waals surface area contributed by atoms with E-state index in [9.17, 15) is 18.0 Å². The van der Waals surface area contributed by atoms with Gasteiger partial charge in [0.25, 0.3) is 6.43 Å². The summed E-state index contributed by atoms with van der Waals surface area (Å²) in [6, 6.07) is 6.79. The molecule has 4 rings (SSSR count). The minimum atomic E-state index is -2.91. The molecule has 1 N–H and O–H groups in total. The average molecular weight is 489 g/mol. The number of halogens is 3. The van der Waals surface area contributed by atoms with Gasteiger partial charge in [-0.3, -0.25) is 4.79 Å². The first-order chi connectivity index (χ1) is 16.7. The van der Waals surface area contributed by atoms with Gasteiger partial charge in [0.15, 0.2) is 11.5 Å². The Balaban J connectivity index is 1.70. The quantitative estimate of drug-likeness (QED) is 0.544. The lowest BCUT2D eigenvalue weighted by Gasteiger charge is -2.20. The molecule has 0 saturated heterocycles. The molecule has 0 saturated carbocycles. The highest BCUT2D eigenvalue weighted by atomic mass is 19.3. The van der Waals surface area contributed by atoms with E-state index in [1.807, 2.05) is 0 Å². The maximum Gasteiger partial charge on any atom is 0.266 e. The molecule has 0 aliphatic carbocycles. The van der Waals surface area contributed by atoms with Crippen LogP contribution >= 0.6 is 0 Å². The zero-order valence-electron chi connectivity index (χ0n) is 19.8. The Morgan fingerprint density at radius 1 is 1.09 bits per heavy atom. The van der Waals surface area contributed by atoms with E-state index >= 15 is 0 Å². The van der Waals surface area contributed by atoms with E-state index in [-0.39, 0.29) is 18.1 Å². The van der Waals surface area contributed by atoms with Crippen molar-refractivity contribution >= 4 is 22.6 Å². The fourth-order valence-corrected chi connectivity index (χ4v) is 3.96. The Labute approximate surface area is 201 Å². The van der Waals surface area contributed by atoms with Crippen LogP contribution in [0.3, 0.4) is 0 Å². The van der Waals surface area contributed by atoms with Gasteiger partial charge in [0, 0.05) is 30.5 Å². The molecule has 1 aliphatic rings. The Hall–Kier alpha value is -3.56. The molecule has 0 spiro atoms. The van der Waals surface area contributed by atoms with Gasteiger partial charge in [0.05, 0.1) is 30.3 Å². The fourth-order valence-electron chi connectivity index (χ4n) is 3.96. The summed E-state index contributed by atoms with van der Waals surface area (Å²) >= 11 is 0. The summed E-state index contributed by atoms with van der Waals surface area (Å²) in [4.78, 5) is 22.7. The van der Waals surface area contributed by atoms with Crippen molar-refractivity contribution in [2.75, 3.05) is 32.1 Å². The van der Waals surface area contributed by atoms with Crippen LogP contribution in [0.1, 0.15) is 49.2 Å². The van der Waals surface area contributed by atoms with Gasteiger partial charge in [-0.15, -0.1) is 0 Å². The number of likely N-dealkylation sites (N-methyl/N-ethyl adjacent to an activating group) is 1. The highest BCUT2D eigenvalue weighted by Gasteiger charge is 2.21. The number of hydrogen-bond donors (Lipinski definition) is 1. The van der Waals surface area contributed by atoms with Crippen molar-refractivity contribution in [3.63, 3.8) is 0 Å². The number of carbonyl (C=O) groups excluding carboxylic acids is 1. The van der Waals surface area contributed by atoms with E-state index in [0.717, 1.165) is 6.07 Å². The number of hydrogen-bond acceptors (Lipinski definition) is 6. The fraction of sp³-hybridized carbons (Fsp3) is 0.400. The predicted molar refractivity (Wildman–Crippen MR) is 126 cm³/mol. The van der Waals surface area contributed by atoms with Crippen LogP contribution in [0.2, 0.25) is 0 Å². The molecule has 1 atom stereocenters. The zero-order valence-corrected chi connectivity index (χ0v) is 19.8. The number of rotatable bonds is 4. The van der Waals surface area contributed by atoms with Crippen LogP contribution in [0.4, 0.5) is 19.0 Å². The molecule has 0 unspecified atom stereocenters. The van der Waals surface area contributed by atoms with Crippen LogP contribution in [-0.2, 0) is 4.79 Å². The molecule has 3 aromatic rings. The van der Waals surface area contributed by atoms with E-state index in [0.29, 0.717) is 60.0 Å². The third kappa shape index (κ3) is 5.41. The lowest BCUT2D eigenvalue weighted by Crippen LogP contribution is -2.30. The van der Waals surface area contributed by atoms with E-state index in [2.05, 4.69) is 15.3 Å². The van der Waals surface area contributed by atoms with Gasteiger partial charge in [-0.1, -0.05) is 18.2 Å². The first kappa shape index (κ1) is 24.6. The Bertz CT molecular complexity index is 1240. The zero-order chi connectivity index (χ0) is 25.1. The van der Waals surface area contributed by atoms with Gasteiger partial charge >= 0.3 is 0 Å². The lowest BCUT2D eigenvalue weighted by atomic mass is 10.0. The smallest absolute Gasteiger partial charge is 0.266 e. The van der Waals surface area contributed by atoms with E-state index < -0.39 is 23.8 Å². The van der Waals surface area contributed by atoms with Crippen molar-refractivity contribution in [3.8, 4) is 11.5 Å². The second-order valence-corrected chi connectivity index (χ2v) is 8.47. The molecule has 0 bridgehead atoms. The molecule has 2 aromatic carbocycles. The number of aromatic nitrogens is 2. The molecule has 1 amide bonds. The second-order valence-electron chi connectivity index (χ2n) is 8.47. The minimum Gasteiger partial charge on any atom is -0.490 e. The predicted octanol–water partition coefficient (Wildman–Crippen LogP) is 5.20. The number of benzene rings is 2. The Morgan fingerprint density at radius 3 is 2.57 bits per heavy atom. The van der Waals surface area contributed by atoms with Crippen LogP contribution in [0.25, 0.3) is 10.9 Å². The molecule has 2 heterocycles. The van der Waals surface area contributed by atoms with Gasteiger partial charge in [-0.05, 0) is 26.3 Å². The number of alkyl halides is 2. The van der Waals surface area contributed by atoms with Crippen LogP contribution in [0.5, 0.6) is 11.5 Å². The first-order valence-electron chi connectivity index (χ1n) is 11.4. The molecule has 1 aromatic heterocycles. The van der Waals surface area contributed by atoms with Crippen molar-refractivity contribution in [3.05, 3.63) is 53.1 Å². The first-order valence-corrected chi connectivity index (χ1v) is 11.4. The summed E-state index contributed by atoms with van der Waals surface area (Å²) in [5.74, 6) is 0.935. The molecular weight excluding hydrogens is 461 g/mol. The number of nitrogens with one attached hydrogen (secondary N) is 1. The third-order valence-electron chi connectivity index (χ3n) is 5.89. The molecule has 186 valence electrons. The molecule has 1 aliphatic heterocycles. The standard InChI is InChI=1S/C25H27F3N4O3/c1-14(16-6-4-7-17(23(16)26)24(27)28)29-25-18-12-20-21(13-19(18)30-15(2)31-25)34-10-5-8-22(33)32(3)9-11-35-20/h4,6-7,12-14,24H,5,8-11H2,1-3H3,(H,29,30,31)/t14-/m1/s1. The van der Waals surface area contributed by atoms with Gasteiger partial charge in [0.1, 0.15) is 24.1 Å². The Morgan fingerprint density at radius 2 is 1.80 bits per heavy atom. The number of amides is 1.